The number of amides is 1. The molecule has 0 saturated carbocycles. The number of carbonyl (C=O) groups is 1. The standard InChI is InChI=1S/C10H13N2OS/c1-8(13)12-4-2-9(3-5-12)10-6-14-7-11-10/h6,9H,2-5H2,1H3. The number of nitrogens with zero attached hydrogens (tertiary/aromatic N) is 2. The van der Waals surface area contributed by atoms with Crippen LogP contribution in [0.25, 0.3) is 0 Å². The molecule has 1 aliphatic heterocycles. The van der Waals surface area contributed by atoms with Gasteiger partial charge in [-0.15, -0.1) is 11.3 Å². The van der Waals surface area contributed by atoms with Crippen LogP contribution in [0, 0.1) is 5.51 Å². The maximum atomic E-state index is 11.1. The minimum Gasteiger partial charge on any atom is -0.343 e. The predicted octanol–water partition coefficient (Wildman–Crippen LogP) is 1.67. The third-order valence-corrected chi connectivity index (χ3v) is 3.32. The average Bonchev–Trinajstić information content (AvgIpc) is 2.71. The van der Waals surface area contributed by atoms with Gasteiger partial charge in [-0.3, -0.25) is 4.79 Å². The maximum Gasteiger partial charge on any atom is 0.219 e. The van der Waals surface area contributed by atoms with Crippen molar-refractivity contribution < 1.29 is 4.79 Å². The molecule has 0 spiro atoms. The van der Waals surface area contributed by atoms with E-state index >= 15 is 0 Å². The molecule has 1 aromatic rings. The van der Waals surface area contributed by atoms with Crippen LogP contribution >= 0.6 is 11.3 Å². The molecule has 1 saturated heterocycles. The zero-order valence-electron chi connectivity index (χ0n) is 8.19. The zero-order valence-corrected chi connectivity index (χ0v) is 9.01. The lowest BCUT2D eigenvalue weighted by Crippen LogP contribution is -2.36. The van der Waals surface area contributed by atoms with Gasteiger partial charge in [0.15, 0.2) is 5.51 Å². The zero-order chi connectivity index (χ0) is 9.97. The summed E-state index contributed by atoms with van der Waals surface area (Å²) in [5, 5.41) is 2.06. The normalized spacial score (nSPS) is 18.5. The number of piperidine rings is 1. The first kappa shape index (κ1) is 9.65. The second kappa shape index (κ2) is 4.09. The molecule has 3 nitrogen and oxygen atoms in total. The highest BCUT2D eigenvalue weighted by molar-refractivity contribution is 7.07. The Balaban J connectivity index is 1.93. The van der Waals surface area contributed by atoms with Crippen molar-refractivity contribution in [1.29, 1.82) is 0 Å². The molecule has 0 unspecified atom stereocenters. The van der Waals surface area contributed by atoms with Crippen molar-refractivity contribution in [3.8, 4) is 0 Å². The van der Waals surface area contributed by atoms with Crippen LogP contribution in [-0.4, -0.2) is 28.9 Å². The molecule has 1 fully saturated rings. The van der Waals surface area contributed by atoms with E-state index in [1.54, 1.807) is 6.92 Å². The molecule has 0 bridgehead atoms. The SMILES string of the molecule is CC(=O)N1CCC(c2cs[c]n2)CC1. The highest BCUT2D eigenvalue weighted by Crippen LogP contribution is 2.27. The Labute approximate surface area is 87.8 Å². The van der Waals surface area contributed by atoms with Crippen molar-refractivity contribution >= 4 is 17.2 Å². The van der Waals surface area contributed by atoms with Crippen LogP contribution in [0.2, 0.25) is 0 Å². The summed E-state index contributed by atoms with van der Waals surface area (Å²) in [5.74, 6) is 0.724. The van der Waals surface area contributed by atoms with Gasteiger partial charge in [-0.25, -0.2) is 4.98 Å². The summed E-state index contributed by atoms with van der Waals surface area (Å²) < 4.78 is 0. The summed E-state index contributed by atoms with van der Waals surface area (Å²) in [6.07, 6.45) is 2.08. The summed E-state index contributed by atoms with van der Waals surface area (Å²) >= 11 is 1.52. The highest BCUT2D eigenvalue weighted by Gasteiger charge is 2.22. The number of carbonyl (C=O) groups excluding carboxylic acids is 1. The summed E-state index contributed by atoms with van der Waals surface area (Å²) in [6.45, 7) is 3.38. The second-order valence-electron chi connectivity index (χ2n) is 3.64. The average molecular weight is 209 g/mol. The molecule has 2 heterocycles. The van der Waals surface area contributed by atoms with E-state index in [9.17, 15) is 4.79 Å². The maximum absolute atomic E-state index is 11.1. The van der Waals surface area contributed by atoms with Gasteiger partial charge in [-0.05, 0) is 12.8 Å². The van der Waals surface area contributed by atoms with Crippen LogP contribution in [0.1, 0.15) is 31.4 Å². The first-order valence-corrected chi connectivity index (χ1v) is 5.72. The first-order valence-electron chi connectivity index (χ1n) is 4.84. The number of likely N-dealkylation sites (tertiary alicyclic amines) is 1. The third kappa shape index (κ3) is 1.95. The monoisotopic (exact) mass is 209 g/mol. The van der Waals surface area contributed by atoms with E-state index in [2.05, 4.69) is 15.9 Å². The van der Waals surface area contributed by atoms with Gasteiger partial charge in [0.25, 0.3) is 0 Å². The third-order valence-electron chi connectivity index (χ3n) is 2.77. The molecule has 0 N–H and O–H groups in total. The molecule has 1 aliphatic rings. The van der Waals surface area contributed by atoms with E-state index in [1.807, 2.05) is 4.90 Å². The number of thiazole rings is 1. The Kier molecular flexibility index (Phi) is 2.82. The molecule has 0 atom stereocenters. The van der Waals surface area contributed by atoms with Crippen molar-refractivity contribution in [3.63, 3.8) is 0 Å². The van der Waals surface area contributed by atoms with Gasteiger partial charge in [0.1, 0.15) is 0 Å². The number of rotatable bonds is 1. The summed E-state index contributed by atoms with van der Waals surface area (Å²) in [7, 11) is 0. The van der Waals surface area contributed by atoms with Crippen LogP contribution in [0.4, 0.5) is 0 Å². The first-order chi connectivity index (χ1) is 6.77. The van der Waals surface area contributed by atoms with Gasteiger partial charge in [-0.2, -0.15) is 0 Å². The van der Waals surface area contributed by atoms with Crippen LogP contribution in [0.5, 0.6) is 0 Å². The molecule has 4 heteroatoms. The van der Waals surface area contributed by atoms with E-state index in [0.717, 1.165) is 31.6 Å². The number of aromatic nitrogens is 1. The number of hydrogen-bond acceptors (Lipinski definition) is 3. The number of hydrogen-bond donors (Lipinski definition) is 0. The van der Waals surface area contributed by atoms with Gasteiger partial charge >= 0.3 is 0 Å². The lowest BCUT2D eigenvalue weighted by atomic mass is 9.94. The summed E-state index contributed by atoms with van der Waals surface area (Å²) in [5.41, 5.74) is 4.02. The van der Waals surface area contributed by atoms with Crippen LogP contribution in [-0.2, 0) is 4.79 Å². The largest absolute Gasteiger partial charge is 0.343 e. The van der Waals surface area contributed by atoms with Crippen molar-refractivity contribution in [2.45, 2.75) is 25.7 Å². The fourth-order valence-corrected chi connectivity index (χ4v) is 2.45. The van der Waals surface area contributed by atoms with E-state index in [4.69, 9.17) is 0 Å². The Hall–Kier alpha value is -0.900. The predicted molar refractivity (Wildman–Crippen MR) is 55.2 cm³/mol. The molecular formula is C10H13N2OS. The highest BCUT2D eigenvalue weighted by atomic mass is 32.1. The van der Waals surface area contributed by atoms with E-state index in [-0.39, 0.29) is 5.91 Å². The van der Waals surface area contributed by atoms with Gasteiger partial charge < -0.3 is 4.90 Å². The van der Waals surface area contributed by atoms with Gasteiger partial charge in [0, 0.05) is 31.3 Å². The Morgan fingerprint density at radius 2 is 2.36 bits per heavy atom. The molecule has 75 valence electrons. The van der Waals surface area contributed by atoms with Crippen molar-refractivity contribution in [2.24, 2.45) is 0 Å². The van der Waals surface area contributed by atoms with Crippen molar-refractivity contribution in [3.05, 3.63) is 16.6 Å². The van der Waals surface area contributed by atoms with Crippen LogP contribution < -0.4 is 0 Å². The lowest BCUT2D eigenvalue weighted by molar-refractivity contribution is -0.129. The molecule has 1 aromatic heterocycles. The Morgan fingerprint density at radius 3 is 2.86 bits per heavy atom. The minimum atomic E-state index is 0.188. The van der Waals surface area contributed by atoms with E-state index in [1.165, 1.54) is 11.3 Å². The molecule has 0 aromatic carbocycles. The molecule has 2 rings (SSSR count). The smallest absolute Gasteiger partial charge is 0.219 e. The van der Waals surface area contributed by atoms with E-state index < -0.39 is 0 Å². The molecule has 0 aliphatic carbocycles. The second-order valence-corrected chi connectivity index (χ2v) is 4.30. The van der Waals surface area contributed by atoms with Gasteiger partial charge in [0.2, 0.25) is 5.91 Å². The van der Waals surface area contributed by atoms with Gasteiger partial charge in [0.05, 0.1) is 5.69 Å². The van der Waals surface area contributed by atoms with E-state index in [0.29, 0.717) is 5.92 Å². The molecule has 14 heavy (non-hydrogen) atoms. The Morgan fingerprint density at radius 1 is 1.64 bits per heavy atom. The minimum absolute atomic E-state index is 0.188. The quantitative estimate of drug-likeness (QED) is 0.705. The summed E-state index contributed by atoms with van der Waals surface area (Å²) in [6, 6.07) is 0. The van der Waals surface area contributed by atoms with Crippen molar-refractivity contribution in [2.75, 3.05) is 13.1 Å². The van der Waals surface area contributed by atoms with Gasteiger partial charge in [-0.1, -0.05) is 0 Å². The van der Waals surface area contributed by atoms with Crippen LogP contribution in [0.15, 0.2) is 5.38 Å². The molecular weight excluding hydrogens is 196 g/mol. The lowest BCUT2D eigenvalue weighted by Gasteiger charge is -2.30. The summed E-state index contributed by atoms with van der Waals surface area (Å²) in [4.78, 5) is 17.2. The molecule has 1 radical (unpaired) electrons. The van der Waals surface area contributed by atoms with Crippen LogP contribution in [0.3, 0.4) is 0 Å². The fraction of sp³-hybridized carbons (Fsp3) is 0.600. The fourth-order valence-electron chi connectivity index (χ4n) is 1.87. The molecule has 1 amide bonds. The van der Waals surface area contributed by atoms with Crippen molar-refractivity contribution in [1.82, 2.24) is 9.88 Å². The Bertz CT molecular complexity index is 302. The topological polar surface area (TPSA) is 33.2 Å².